The zero-order valence-corrected chi connectivity index (χ0v) is 15.0. The number of carbonyl (C=O) groups is 2. The quantitative estimate of drug-likeness (QED) is 0.752. The molecular formula is C17H25ClN4O3. The lowest BCUT2D eigenvalue weighted by atomic mass is 10.1. The first-order valence-corrected chi connectivity index (χ1v) is 8.50. The Balaban J connectivity index is 0.00000225. The molecule has 0 radical (unpaired) electrons. The normalized spacial score (nSPS) is 17.9. The van der Waals surface area contributed by atoms with Crippen LogP contribution in [0.2, 0.25) is 0 Å². The van der Waals surface area contributed by atoms with Crippen molar-refractivity contribution in [1.82, 2.24) is 14.8 Å². The van der Waals surface area contributed by atoms with Crippen molar-refractivity contribution in [2.45, 2.75) is 19.3 Å². The molecule has 0 bridgehead atoms. The molecule has 8 heteroatoms. The maximum Gasteiger partial charge on any atom is 0.272 e. The molecule has 1 aromatic rings. The summed E-state index contributed by atoms with van der Waals surface area (Å²) in [6, 6.07) is 3.22. The summed E-state index contributed by atoms with van der Waals surface area (Å²) in [5.41, 5.74) is 6.87. The van der Waals surface area contributed by atoms with Gasteiger partial charge in [0.1, 0.15) is 5.69 Å². The molecule has 7 nitrogen and oxygen atoms in total. The van der Waals surface area contributed by atoms with Gasteiger partial charge in [0.25, 0.3) is 11.8 Å². The highest BCUT2D eigenvalue weighted by molar-refractivity contribution is 5.96. The maximum absolute atomic E-state index is 12.7. The predicted molar refractivity (Wildman–Crippen MR) is 95.9 cm³/mol. The lowest BCUT2D eigenvalue weighted by Gasteiger charge is -2.34. The zero-order chi connectivity index (χ0) is 17.1. The van der Waals surface area contributed by atoms with E-state index < -0.39 is 5.91 Å². The minimum Gasteiger partial charge on any atom is -0.395 e. The van der Waals surface area contributed by atoms with E-state index in [1.807, 2.05) is 0 Å². The number of primary amides is 1. The largest absolute Gasteiger partial charge is 0.395 e. The van der Waals surface area contributed by atoms with Crippen LogP contribution in [-0.2, 0) is 6.42 Å². The summed E-state index contributed by atoms with van der Waals surface area (Å²) in [7, 11) is 0. The molecule has 1 saturated heterocycles. The third kappa shape index (κ3) is 4.90. The van der Waals surface area contributed by atoms with Crippen LogP contribution in [-0.4, -0.2) is 71.0 Å². The van der Waals surface area contributed by atoms with Gasteiger partial charge in [-0.1, -0.05) is 0 Å². The molecule has 2 heterocycles. The molecular weight excluding hydrogens is 344 g/mol. The highest BCUT2D eigenvalue weighted by Gasteiger charge is 2.27. The molecule has 2 aliphatic rings. The minimum absolute atomic E-state index is 0. The summed E-state index contributed by atoms with van der Waals surface area (Å²) in [6.07, 6.45) is 3.00. The van der Waals surface area contributed by atoms with Crippen molar-refractivity contribution < 1.29 is 14.7 Å². The maximum atomic E-state index is 12.7. The van der Waals surface area contributed by atoms with Gasteiger partial charge in [-0.25, -0.2) is 4.98 Å². The number of halogens is 1. The van der Waals surface area contributed by atoms with Crippen LogP contribution in [0, 0.1) is 5.92 Å². The van der Waals surface area contributed by atoms with Crippen molar-refractivity contribution in [3.63, 3.8) is 0 Å². The molecule has 3 rings (SSSR count). The molecule has 1 aliphatic carbocycles. The van der Waals surface area contributed by atoms with Gasteiger partial charge in [-0.05, 0) is 37.3 Å². The van der Waals surface area contributed by atoms with Crippen LogP contribution in [0.3, 0.4) is 0 Å². The van der Waals surface area contributed by atoms with E-state index in [9.17, 15) is 9.59 Å². The summed E-state index contributed by atoms with van der Waals surface area (Å²) in [5, 5.41) is 8.98. The molecule has 0 atom stereocenters. The number of β-amino-alcohol motifs (C(OH)–C–C–N with tert-alkyl or cyclic N) is 1. The van der Waals surface area contributed by atoms with E-state index in [1.165, 1.54) is 0 Å². The van der Waals surface area contributed by atoms with Gasteiger partial charge < -0.3 is 15.7 Å². The minimum atomic E-state index is -0.491. The van der Waals surface area contributed by atoms with Crippen LogP contribution in [0.15, 0.2) is 12.1 Å². The number of rotatable bonds is 6. The highest BCUT2D eigenvalue weighted by atomic mass is 35.5. The first-order valence-electron chi connectivity index (χ1n) is 8.50. The summed E-state index contributed by atoms with van der Waals surface area (Å²) < 4.78 is 0. The smallest absolute Gasteiger partial charge is 0.272 e. The average molecular weight is 369 g/mol. The summed E-state index contributed by atoms with van der Waals surface area (Å²) in [4.78, 5) is 32.6. The number of piperazine rings is 1. The van der Waals surface area contributed by atoms with Crippen LogP contribution >= 0.6 is 12.4 Å². The lowest BCUT2D eigenvalue weighted by Crippen LogP contribution is -2.49. The first kappa shape index (κ1) is 19.6. The molecule has 138 valence electrons. The number of pyridine rings is 1. The molecule has 25 heavy (non-hydrogen) atoms. The monoisotopic (exact) mass is 368 g/mol. The fraction of sp³-hybridized carbons (Fsp3) is 0.588. The topological polar surface area (TPSA) is 99.8 Å². The Morgan fingerprint density at radius 3 is 2.44 bits per heavy atom. The second-order valence-electron chi connectivity index (χ2n) is 6.56. The van der Waals surface area contributed by atoms with Crippen LogP contribution < -0.4 is 5.73 Å². The fourth-order valence-electron chi connectivity index (χ4n) is 3.07. The van der Waals surface area contributed by atoms with E-state index in [2.05, 4.69) is 9.88 Å². The molecule has 1 aromatic heterocycles. The van der Waals surface area contributed by atoms with E-state index in [4.69, 9.17) is 10.8 Å². The predicted octanol–water partition coefficient (Wildman–Crippen LogP) is 0.305. The molecule has 0 spiro atoms. The Hall–Kier alpha value is -1.70. The van der Waals surface area contributed by atoms with Crippen LogP contribution in [0.5, 0.6) is 0 Å². The van der Waals surface area contributed by atoms with Gasteiger partial charge >= 0.3 is 0 Å². The molecule has 3 N–H and O–H groups in total. The van der Waals surface area contributed by atoms with Crippen molar-refractivity contribution in [3.8, 4) is 0 Å². The number of nitrogens with two attached hydrogens (primary N) is 1. The van der Waals surface area contributed by atoms with Gasteiger partial charge in [-0.2, -0.15) is 0 Å². The summed E-state index contributed by atoms with van der Waals surface area (Å²) in [5.74, 6) is -0.0375. The van der Waals surface area contributed by atoms with Crippen LogP contribution in [0.25, 0.3) is 0 Å². The fourth-order valence-corrected chi connectivity index (χ4v) is 3.07. The standard InChI is InChI=1S/C17H24N4O3.ClH/c18-16(23)13-3-4-14(19-15(13)11-12-1-2-12)17(24)21-7-5-20(6-8-21)9-10-22;/h3-4,12,22H,1-2,5-11H2,(H2,18,23);1H. The van der Waals surface area contributed by atoms with Gasteiger partial charge in [0.15, 0.2) is 0 Å². The van der Waals surface area contributed by atoms with Crippen molar-refractivity contribution in [3.05, 3.63) is 29.1 Å². The van der Waals surface area contributed by atoms with E-state index in [1.54, 1.807) is 17.0 Å². The Bertz CT molecular complexity index is 628. The number of aliphatic hydroxyl groups excluding tert-OH is 1. The average Bonchev–Trinajstić information content (AvgIpc) is 3.39. The lowest BCUT2D eigenvalue weighted by molar-refractivity contribution is 0.0608. The summed E-state index contributed by atoms with van der Waals surface area (Å²) >= 11 is 0. The second kappa shape index (κ2) is 8.60. The van der Waals surface area contributed by atoms with Crippen molar-refractivity contribution in [2.24, 2.45) is 11.7 Å². The zero-order valence-electron chi connectivity index (χ0n) is 14.2. The van der Waals surface area contributed by atoms with E-state index in [0.29, 0.717) is 48.9 Å². The van der Waals surface area contributed by atoms with Gasteiger partial charge in [0.2, 0.25) is 0 Å². The van der Waals surface area contributed by atoms with Gasteiger partial charge in [-0.15, -0.1) is 12.4 Å². The molecule has 1 aliphatic heterocycles. The number of hydrogen-bond acceptors (Lipinski definition) is 5. The molecule has 2 amide bonds. The SMILES string of the molecule is Cl.NC(=O)c1ccc(C(=O)N2CCN(CCO)CC2)nc1CC1CC1. The van der Waals surface area contributed by atoms with Crippen LogP contribution in [0.1, 0.15) is 39.4 Å². The Labute approximate surface area is 153 Å². The van der Waals surface area contributed by atoms with Crippen molar-refractivity contribution >= 4 is 24.2 Å². The third-order valence-electron chi connectivity index (χ3n) is 4.71. The number of nitrogens with zero attached hydrogens (tertiary/aromatic N) is 3. The summed E-state index contributed by atoms with van der Waals surface area (Å²) in [6.45, 7) is 3.51. The van der Waals surface area contributed by atoms with E-state index in [0.717, 1.165) is 25.9 Å². The molecule has 1 saturated carbocycles. The molecule has 0 unspecified atom stereocenters. The van der Waals surface area contributed by atoms with Gasteiger partial charge in [0.05, 0.1) is 17.9 Å². The highest BCUT2D eigenvalue weighted by Crippen LogP contribution is 2.33. The van der Waals surface area contributed by atoms with Gasteiger partial charge in [0, 0.05) is 32.7 Å². The second-order valence-corrected chi connectivity index (χ2v) is 6.56. The Kier molecular flexibility index (Phi) is 6.75. The van der Waals surface area contributed by atoms with E-state index in [-0.39, 0.29) is 24.9 Å². The number of carbonyl (C=O) groups excluding carboxylic acids is 2. The number of aromatic nitrogens is 1. The van der Waals surface area contributed by atoms with Gasteiger partial charge in [-0.3, -0.25) is 14.5 Å². The Morgan fingerprint density at radius 2 is 1.88 bits per heavy atom. The van der Waals surface area contributed by atoms with E-state index >= 15 is 0 Å². The number of aliphatic hydroxyl groups is 1. The first-order chi connectivity index (χ1) is 11.6. The van der Waals surface area contributed by atoms with Crippen molar-refractivity contribution in [2.75, 3.05) is 39.3 Å². The molecule has 0 aromatic carbocycles. The molecule has 2 fully saturated rings. The number of hydrogen-bond donors (Lipinski definition) is 2. The number of amides is 2. The van der Waals surface area contributed by atoms with Crippen molar-refractivity contribution in [1.29, 1.82) is 0 Å². The Morgan fingerprint density at radius 1 is 1.20 bits per heavy atom. The van der Waals surface area contributed by atoms with Crippen LogP contribution in [0.4, 0.5) is 0 Å². The third-order valence-corrected chi connectivity index (χ3v) is 4.71.